The maximum Gasteiger partial charge on any atom is 0.250 e. The summed E-state index contributed by atoms with van der Waals surface area (Å²) in [5.41, 5.74) is 6.78. The molecule has 19 heavy (non-hydrogen) atoms. The molecule has 3 N–H and O–H groups in total. The van der Waals surface area contributed by atoms with E-state index in [1.807, 2.05) is 12.3 Å². The van der Waals surface area contributed by atoms with Gasteiger partial charge in [0.25, 0.3) is 5.56 Å². The molecule has 5 nitrogen and oxygen atoms in total. The molecular weight excluding hydrogens is 242 g/mol. The van der Waals surface area contributed by atoms with E-state index in [1.54, 1.807) is 17.7 Å². The molecule has 1 aliphatic carbocycles. The molecule has 2 atom stereocenters. The molecule has 5 heteroatoms. The van der Waals surface area contributed by atoms with Gasteiger partial charge in [-0.25, -0.2) is 0 Å². The van der Waals surface area contributed by atoms with Gasteiger partial charge in [-0.3, -0.25) is 4.79 Å². The third-order valence-electron chi connectivity index (χ3n) is 3.83. The van der Waals surface area contributed by atoms with Crippen molar-refractivity contribution >= 4 is 5.69 Å². The topological polar surface area (TPSA) is 69.3 Å². The normalized spacial score (nSPS) is 22.6. The molecule has 2 unspecified atom stereocenters. The minimum Gasteiger partial charge on any atom is -0.383 e. The Hall–Kier alpha value is -1.33. The Morgan fingerprint density at radius 2 is 2.32 bits per heavy atom. The third-order valence-corrected chi connectivity index (χ3v) is 3.83. The number of aromatic nitrogens is 1. The lowest BCUT2D eigenvalue weighted by Crippen LogP contribution is -2.30. The van der Waals surface area contributed by atoms with E-state index in [0.717, 1.165) is 18.7 Å². The van der Waals surface area contributed by atoms with Crippen LogP contribution < -0.4 is 16.6 Å². The summed E-state index contributed by atoms with van der Waals surface area (Å²) in [6.45, 7) is 1.84. The lowest BCUT2D eigenvalue weighted by molar-refractivity contribution is 0.186. The van der Waals surface area contributed by atoms with Gasteiger partial charge in [-0.1, -0.05) is 6.42 Å². The van der Waals surface area contributed by atoms with Gasteiger partial charge in [0.1, 0.15) is 0 Å². The first-order valence-corrected chi connectivity index (χ1v) is 6.90. The van der Waals surface area contributed by atoms with Gasteiger partial charge >= 0.3 is 0 Å². The first-order valence-electron chi connectivity index (χ1n) is 6.90. The average Bonchev–Trinajstić information content (AvgIpc) is 2.86. The molecule has 1 fully saturated rings. The quantitative estimate of drug-likeness (QED) is 0.806. The van der Waals surface area contributed by atoms with Crippen LogP contribution in [-0.2, 0) is 11.3 Å². The van der Waals surface area contributed by atoms with E-state index < -0.39 is 0 Å². The number of nitrogens with zero attached hydrogens (tertiary/aromatic N) is 1. The van der Waals surface area contributed by atoms with Crippen LogP contribution in [0.3, 0.4) is 0 Å². The predicted octanol–water partition coefficient (Wildman–Crippen LogP) is 1.03. The maximum absolute atomic E-state index is 11.7. The average molecular weight is 265 g/mol. The highest BCUT2D eigenvalue weighted by atomic mass is 16.5. The van der Waals surface area contributed by atoms with Gasteiger partial charge in [-0.2, -0.15) is 0 Å². The molecule has 1 aliphatic rings. The molecular formula is C14H23N3O2. The molecule has 0 bridgehead atoms. The van der Waals surface area contributed by atoms with Gasteiger partial charge in [0, 0.05) is 32.0 Å². The fraction of sp³-hybridized carbons (Fsp3) is 0.643. The SMILES string of the molecule is COCCn1cc(NC2CCCC2CN)ccc1=O. The van der Waals surface area contributed by atoms with Crippen molar-refractivity contribution in [3.05, 3.63) is 28.7 Å². The van der Waals surface area contributed by atoms with Crippen LogP contribution in [0, 0.1) is 5.92 Å². The zero-order valence-corrected chi connectivity index (χ0v) is 11.5. The zero-order chi connectivity index (χ0) is 13.7. The smallest absolute Gasteiger partial charge is 0.250 e. The van der Waals surface area contributed by atoms with Crippen molar-refractivity contribution in [2.45, 2.75) is 31.8 Å². The molecule has 0 aliphatic heterocycles. The minimum absolute atomic E-state index is 0.00407. The Bertz CT molecular complexity index is 458. The lowest BCUT2D eigenvalue weighted by Gasteiger charge is -2.21. The Morgan fingerprint density at radius 1 is 1.47 bits per heavy atom. The molecule has 0 saturated heterocycles. The number of pyridine rings is 1. The van der Waals surface area contributed by atoms with E-state index in [2.05, 4.69) is 5.32 Å². The van der Waals surface area contributed by atoms with Crippen molar-refractivity contribution in [3.63, 3.8) is 0 Å². The van der Waals surface area contributed by atoms with E-state index in [-0.39, 0.29) is 5.56 Å². The summed E-state index contributed by atoms with van der Waals surface area (Å²) in [5, 5.41) is 3.51. The van der Waals surface area contributed by atoms with E-state index in [0.29, 0.717) is 25.1 Å². The molecule has 1 heterocycles. The first-order chi connectivity index (χ1) is 9.24. The highest BCUT2D eigenvalue weighted by Crippen LogP contribution is 2.27. The number of nitrogens with two attached hydrogens (primary N) is 1. The van der Waals surface area contributed by atoms with Gasteiger partial charge in [0.05, 0.1) is 12.3 Å². The molecule has 0 amide bonds. The molecule has 0 radical (unpaired) electrons. The molecule has 106 valence electrons. The Balaban J connectivity index is 2.06. The van der Waals surface area contributed by atoms with Gasteiger partial charge in [0.15, 0.2) is 0 Å². The molecule has 1 saturated carbocycles. The van der Waals surface area contributed by atoms with Crippen molar-refractivity contribution in [3.8, 4) is 0 Å². The van der Waals surface area contributed by atoms with Crippen LogP contribution in [0.4, 0.5) is 5.69 Å². The fourth-order valence-electron chi connectivity index (χ4n) is 2.70. The Kier molecular flexibility index (Phi) is 4.99. The van der Waals surface area contributed by atoms with Gasteiger partial charge in [0.2, 0.25) is 0 Å². The van der Waals surface area contributed by atoms with Gasteiger partial charge in [-0.15, -0.1) is 0 Å². The Labute approximate surface area is 113 Å². The van der Waals surface area contributed by atoms with Crippen LogP contribution in [0.5, 0.6) is 0 Å². The van der Waals surface area contributed by atoms with Crippen molar-refractivity contribution in [1.29, 1.82) is 0 Å². The number of hydrogen-bond acceptors (Lipinski definition) is 4. The maximum atomic E-state index is 11.7. The standard InChI is InChI=1S/C14H23N3O2/c1-19-8-7-17-10-12(5-6-14(17)18)16-13-4-2-3-11(13)9-15/h5-6,10-11,13,16H,2-4,7-9,15H2,1H3. The second-order valence-corrected chi connectivity index (χ2v) is 5.12. The van der Waals surface area contributed by atoms with Gasteiger partial charge in [-0.05, 0) is 31.4 Å². The van der Waals surface area contributed by atoms with Crippen LogP contribution >= 0.6 is 0 Å². The van der Waals surface area contributed by atoms with E-state index in [9.17, 15) is 4.79 Å². The second-order valence-electron chi connectivity index (χ2n) is 5.12. The largest absolute Gasteiger partial charge is 0.383 e. The number of rotatable bonds is 6. The monoisotopic (exact) mass is 265 g/mol. The van der Waals surface area contributed by atoms with E-state index in [4.69, 9.17) is 10.5 Å². The van der Waals surface area contributed by atoms with Crippen molar-refractivity contribution in [2.75, 3.05) is 25.6 Å². The van der Waals surface area contributed by atoms with Crippen molar-refractivity contribution in [1.82, 2.24) is 4.57 Å². The third kappa shape index (κ3) is 3.58. The number of anilines is 1. The second kappa shape index (κ2) is 6.73. The van der Waals surface area contributed by atoms with Crippen LogP contribution in [0.25, 0.3) is 0 Å². The van der Waals surface area contributed by atoms with Crippen LogP contribution in [0.1, 0.15) is 19.3 Å². The van der Waals surface area contributed by atoms with E-state index >= 15 is 0 Å². The molecule has 0 spiro atoms. The predicted molar refractivity (Wildman–Crippen MR) is 76.4 cm³/mol. The molecule has 1 aromatic heterocycles. The van der Waals surface area contributed by atoms with Crippen LogP contribution in [0.2, 0.25) is 0 Å². The molecule has 1 aromatic rings. The summed E-state index contributed by atoms with van der Waals surface area (Å²) in [6.07, 6.45) is 5.44. The van der Waals surface area contributed by atoms with E-state index in [1.165, 1.54) is 12.8 Å². The number of nitrogens with one attached hydrogen (secondary N) is 1. The van der Waals surface area contributed by atoms with Crippen LogP contribution in [0.15, 0.2) is 23.1 Å². The number of methoxy groups -OCH3 is 1. The summed E-state index contributed by atoms with van der Waals surface area (Å²) >= 11 is 0. The minimum atomic E-state index is 0.00407. The Morgan fingerprint density at radius 3 is 3.05 bits per heavy atom. The van der Waals surface area contributed by atoms with Gasteiger partial charge < -0.3 is 20.4 Å². The summed E-state index contributed by atoms with van der Waals surface area (Å²) < 4.78 is 6.69. The first kappa shape index (κ1) is 14.1. The molecule has 2 rings (SSSR count). The summed E-state index contributed by atoms with van der Waals surface area (Å²) in [4.78, 5) is 11.7. The van der Waals surface area contributed by atoms with Crippen molar-refractivity contribution < 1.29 is 4.74 Å². The summed E-state index contributed by atoms with van der Waals surface area (Å²) in [5.74, 6) is 0.541. The summed E-state index contributed by atoms with van der Waals surface area (Å²) in [6, 6.07) is 3.88. The highest BCUT2D eigenvalue weighted by Gasteiger charge is 2.25. The van der Waals surface area contributed by atoms with Crippen LogP contribution in [-0.4, -0.2) is 30.9 Å². The summed E-state index contributed by atoms with van der Waals surface area (Å²) in [7, 11) is 1.64. The lowest BCUT2D eigenvalue weighted by atomic mass is 10.0. The highest BCUT2D eigenvalue weighted by molar-refractivity contribution is 5.41. The number of hydrogen-bond donors (Lipinski definition) is 2. The zero-order valence-electron chi connectivity index (χ0n) is 11.5. The fourth-order valence-corrected chi connectivity index (χ4v) is 2.70. The van der Waals surface area contributed by atoms with Crippen molar-refractivity contribution in [2.24, 2.45) is 11.7 Å². The molecule has 0 aromatic carbocycles. The number of ether oxygens (including phenoxy) is 1.